The van der Waals surface area contributed by atoms with Crippen molar-refractivity contribution in [2.45, 2.75) is 6.54 Å². The van der Waals surface area contributed by atoms with E-state index in [0.29, 0.717) is 17.4 Å². The van der Waals surface area contributed by atoms with Gasteiger partial charge in [-0.3, -0.25) is 0 Å². The molecule has 21 heavy (non-hydrogen) atoms. The van der Waals surface area contributed by atoms with Crippen molar-refractivity contribution in [1.82, 2.24) is 5.32 Å². The van der Waals surface area contributed by atoms with Gasteiger partial charge in [-0.25, -0.2) is 0 Å². The molecule has 0 spiro atoms. The summed E-state index contributed by atoms with van der Waals surface area (Å²) >= 11 is 9.73. The summed E-state index contributed by atoms with van der Waals surface area (Å²) in [5, 5.41) is 3.87. The van der Waals surface area contributed by atoms with Crippen molar-refractivity contribution < 1.29 is 9.47 Å². The molecule has 0 saturated heterocycles. The lowest BCUT2D eigenvalue weighted by Gasteiger charge is -2.11. The summed E-state index contributed by atoms with van der Waals surface area (Å²) in [5.41, 5.74) is 1.11. The Morgan fingerprint density at radius 1 is 1.14 bits per heavy atom. The molecule has 5 heteroatoms. The topological polar surface area (TPSA) is 30.5 Å². The van der Waals surface area contributed by atoms with Crippen LogP contribution in [0.15, 0.2) is 46.9 Å². The van der Waals surface area contributed by atoms with Crippen LogP contribution in [-0.2, 0) is 11.3 Å². The van der Waals surface area contributed by atoms with E-state index >= 15 is 0 Å². The minimum Gasteiger partial charge on any atom is -0.455 e. The minimum atomic E-state index is 0.594. The molecule has 0 saturated carbocycles. The Kier molecular flexibility index (Phi) is 6.51. The molecule has 0 bridgehead atoms. The molecule has 0 heterocycles. The molecule has 0 fully saturated rings. The van der Waals surface area contributed by atoms with E-state index in [1.165, 1.54) is 0 Å². The second-order valence-electron chi connectivity index (χ2n) is 4.47. The van der Waals surface area contributed by atoms with Crippen LogP contribution in [0.1, 0.15) is 5.56 Å². The lowest BCUT2D eigenvalue weighted by Crippen LogP contribution is -2.18. The van der Waals surface area contributed by atoms with Gasteiger partial charge < -0.3 is 14.8 Å². The van der Waals surface area contributed by atoms with Gasteiger partial charge >= 0.3 is 0 Å². The van der Waals surface area contributed by atoms with Crippen LogP contribution in [0.2, 0.25) is 5.02 Å². The third kappa shape index (κ3) is 5.00. The first kappa shape index (κ1) is 16.3. The van der Waals surface area contributed by atoms with Crippen molar-refractivity contribution in [3.8, 4) is 11.5 Å². The Labute approximate surface area is 138 Å². The normalized spacial score (nSPS) is 10.6. The van der Waals surface area contributed by atoms with E-state index in [-0.39, 0.29) is 0 Å². The van der Waals surface area contributed by atoms with Crippen LogP contribution in [0.4, 0.5) is 0 Å². The van der Waals surface area contributed by atoms with Crippen LogP contribution in [0, 0.1) is 0 Å². The van der Waals surface area contributed by atoms with Gasteiger partial charge in [-0.15, -0.1) is 0 Å². The molecule has 0 atom stereocenters. The summed E-state index contributed by atoms with van der Waals surface area (Å²) in [5.74, 6) is 1.38. The predicted molar refractivity (Wildman–Crippen MR) is 89.3 cm³/mol. The molecule has 2 rings (SSSR count). The van der Waals surface area contributed by atoms with Gasteiger partial charge in [0, 0.05) is 20.2 Å². The molecule has 0 aliphatic heterocycles. The van der Waals surface area contributed by atoms with Gasteiger partial charge in [-0.2, -0.15) is 0 Å². The molecule has 1 N–H and O–H groups in total. The lowest BCUT2D eigenvalue weighted by molar-refractivity contribution is 0.199. The fraction of sp³-hybridized carbons (Fsp3) is 0.250. The summed E-state index contributed by atoms with van der Waals surface area (Å²) in [4.78, 5) is 0. The van der Waals surface area contributed by atoms with Crippen LogP contribution in [0.25, 0.3) is 0 Å². The number of methoxy groups -OCH3 is 1. The minimum absolute atomic E-state index is 0.594. The maximum Gasteiger partial charge on any atom is 0.146 e. The molecule has 2 aromatic carbocycles. The van der Waals surface area contributed by atoms with Crippen molar-refractivity contribution in [3.05, 3.63) is 57.5 Å². The smallest absolute Gasteiger partial charge is 0.146 e. The highest BCUT2D eigenvalue weighted by Crippen LogP contribution is 2.33. The van der Waals surface area contributed by atoms with Gasteiger partial charge in [0.15, 0.2) is 0 Å². The van der Waals surface area contributed by atoms with Crippen LogP contribution in [-0.4, -0.2) is 20.3 Å². The highest BCUT2D eigenvalue weighted by Gasteiger charge is 2.06. The van der Waals surface area contributed by atoms with Gasteiger partial charge in [0.2, 0.25) is 0 Å². The van der Waals surface area contributed by atoms with E-state index in [1.54, 1.807) is 7.11 Å². The second kappa shape index (κ2) is 8.39. The lowest BCUT2D eigenvalue weighted by atomic mass is 10.2. The molecule has 0 aliphatic carbocycles. The van der Waals surface area contributed by atoms with E-state index in [2.05, 4.69) is 21.2 Å². The molecule has 0 aromatic heterocycles. The Hall–Kier alpha value is -1.07. The van der Waals surface area contributed by atoms with E-state index in [0.717, 1.165) is 28.9 Å². The molecule has 3 nitrogen and oxygen atoms in total. The average Bonchev–Trinajstić information content (AvgIpc) is 2.48. The number of para-hydroxylation sites is 1. The number of rotatable bonds is 7. The molecule has 0 radical (unpaired) electrons. The zero-order chi connectivity index (χ0) is 15.1. The van der Waals surface area contributed by atoms with Crippen LogP contribution < -0.4 is 10.1 Å². The van der Waals surface area contributed by atoms with E-state index in [1.807, 2.05) is 42.5 Å². The maximum absolute atomic E-state index is 6.28. The largest absolute Gasteiger partial charge is 0.455 e. The fourth-order valence-corrected chi connectivity index (χ4v) is 2.40. The quantitative estimate of drug-likeness (QED) is 0.721. The van der Waals surface area contributed by atoms with Gasteiger partial charge in [0.1, 0.15) is 11.5 Å². The van der Waals surface area contributed by atoms with Crippen LogP contribution >= 0.6 is 27.5 Å². The van der Waals surface area contributed by atoms with Crippen molar-refractivity contribution >= 4 is 27.5 Å². The first-order valence-corrected chi connectivity index (χ1v) is 7.78. The molecule has 112 valence electrons. The van der Waals surface area contributed by atoms with Crippen molar-refractivity contribution in [3.63, 3.8) is 0 Å². The molecule has 0 aliphatic rings. The maximum atomic E-state index is 6.28. The first-order chi connectivity index (χ1) is 10.2. The third-order valence-corrected chi connectivity index (χ3v) is 3.82. The number of ether oxygens (including phenoxy) is 2. The third-order valence-electron chi connectivity index (χ3n) is 2.86. The monoisotopic (exact) mass is 369 g/mol. The number of benzene rings is 2. The summed E-state index contributed by atoms with van der Waals surface area (Å²) in [6.45, 7) is 2.25. The van der Waals surface area contributed by atoms with Crippen molar-refractivity contribution in [2.75, 3.05) is 20.3 Å². The summed E-state index contributed by atoms with van der Waals surface area (Å²) in [6, 6.07) is 13.5. The SMILES string of the molecule is COCCNCc1ccc(Oc2ccccc2Br)c(Cl)c1. The highest BCUT2D eigenvalue weighted by molar-refractivity contribution is 9.10. The Morgan fingerprint density at radius 3 is 2.67 bits per heavy atom. The zero-order valence-corrected chi connectivity index (χ0v) is 14.1. The van der Waals surface area contributed by atoms with E-state index in [4.69, 9.17) is 21.1 Å². The van der Waals surface area contributed by atoms with Gasteiger partial charge in [-0.1, -0.05) is 29.8 Å². The number of halogens is 2. The van der Waals surface area contributed by atoms with E-state index < -0.39 is 0 Å². The second-order valence-corrected chi connectivity index (χ2v) is 5.73. The molecule has 0 unspecified atom stereocenters. The van der Waals surface area contributed by atoms with Gasteiger partial charge in [0.25, 0.3) is 0 Å². The average molecular weight is 371 g/mol. The fourth-order valence-electron chi connectivity index (χ4n) is 1.79. The van der Waals surface area contributed by atoms with Gasteiger partial charge in [-0.05, 0) is 45.8 Å². The number of hydrogen-bond acceptors (Lipinski definition) is 3. The molecular weight excluding hydrogens is 354 g/mol. The summed E-state index contributed by atoms with van der Waals surface area (Å²) in [6.07, 6.45) is 0. The predicted octanol–water partition coefficient (Wildman–Crippen LogP) is 4.63. The Morgan fingerprint density at radius 2 is 1.95 bits per heavy atom. The Bertz CT molecular complexity index is 592. The Balaban J connectivity index is 2.01. The molecule has 2 aromatic rings. The molecule has 0 amide bonds. The van der Waals surface area contributed by atoms with Gasteiger partial charge in [0.05, 0.1) is 16.1 Å². The summed E-state index contributed by atoms with van der Waals surface area (Å²) < 4.78 is 11.7. The van der Waals surface area contributed by atoms with Crippen LogP contribution in [0.5, 0.6) is 11.5 Å². The summed E-state index contributed by atoms with van der Waals surface area (Å²) in [7, 11) is 1.69. The highest BCUT2D eigenvalue weighted by atomic mass is 79.9. The standard InChI is InChI=1S/C16H17BrClNO2/c1-20-9-8-19-11-12-6-7-16(14(18)10-12)21-15-5-3-2-4-13(15)17/h2-7,10,19H,8-9,11H2,1H3. The van der Waals surface area contributed by atoms with Crippen LogP contribution in [0.3, 0.4) is 0 Å². The first-order valence-electron chi connectivity index (χ1n) is 6.61. The molecular formula is C16H17BrClNO2. The number of nitrogens with one attached hydrogen (secondary N) is 1. The van der Waals surface area contributed by atoms with Crippen molar-refractivity contribution in [1.29, 1.82) is 0 Å². The number of hydrogen-bond donors (Lipinski definition) is 1. The van der Waals surface area contributed by atoms with Crippen molar-refractivity contribution in [2.24, 2.45) is 0 Å². The van der Waals surface area contributed by atoms with E-state index in [9.17, 15) is 0 Å². The zero-order valence-electron chi connectivity index (χ0n) is 11.7.